The highest BCUT2D eigenvalue weighted by Gasteiger charge is 2.15. The highest BCUT2D eigenvalue weighted by atomic mass is 35.5. The average molecular weight is 338 g/mol. The second kappa shape index (κ2) is 7.63. The second-order valence-electron chi connectivity index (χ2n) is 5.24. The molecular weight excluding hydrogens is 319 g/mol. The van der Waals surface area contributed by atoms with E-state index in [9.17, 15) is 4.79 Å². The van der Waals surface area contributed by atoms with Crippen LogP contribution < -0.4 is 10.6 Å². The molecule has 0 aromatic heterocycles. The van der Waals surface area contributed by atoms with Crippen molar-refractivity contribution in [1.82, 2.24) is 0 Å². The number of carbonyl (C=O) groups excluding carboxylic acids is 1. The quantitative estimate of drug-likeness (QED) is 0.860. The van der Waals surface area contributed by atoms with E-state index in [0.717, 1.165) is 5.56 Å². The second-order valence-corrected chi connectivity index (χ2v) is 6.03. The fourth-order valence-electron chi connectivity index (χ4n) is 2.14. The zero-order valence-electron chi connectivity index (χ0n) is 12.6. The molecule has 5 heteroatoms. The molecule has 1 atom stereocenters. The molecule has 0 saturated carbocycles. The molecule has 0 radical (unpaired) electrons. The third-order valence-electron chi connectivity index (χ3n) is 3.53. The minimum atomic E-state index is -0.128. The molecule has 0 heterocycles. The average Bonchev–Trinajstić information content (AvgIpc) is 2.53. The summed E-state index contributed by atoms with van der Waals surface area (Å²) in [5.41, 5.74) is 2.54. The lowest BCUT2D eigenvalue weighted by molar-refractivity contribution is -0.682. The Labute approximate surface area is 140 Å². The number of anilines is 1. The summed E-state index contributed by atoms with van der Waals surface area (Å²) >= 11 is 12.3. The molecule has 0 spiro atoms. The third-order valence-corrected chi connectivity index (χ3v) is 4.33. The van der Waals surface area contributed by atoms with Gasteiger partial charge in [0.2, 0.25) is 0 Å². The lowest BCUT2D eigenvalue weighted by atomic mass is 10.1. The van der Waals surface area contributed by atoms with Crippen LogP contribution in [0.3, 0.4) is 0 Å². The molecule has 0 fully saturated rings. The third kappa shape index (κ3) is 4.23. The van der Waals surface area contributed by atoms with Gasteiger partial charge in [0.25, 0.3) is 5.91 Å². The van der Waals surface area contributed by atoms with E-state index in [1.54, 1.807) is 6.07 Å². The maximum absolute atomic E-state index is 12.1. The van der Waals surface area contributed by atoms with Gasteiger partial charge in [0.15, 0.2) is 6.54 Å². The van der Waals surface area contributed by atoms with E-state index in [1.165, 1.54) is 5.56 Å². The first-order chi connectivity index (χ1) is 10.5. The Bertz CT molecular complexity index is 659. The standard InChI is InChI=1S/C17H18Cl2N2O/c1-11-8-9-14(18)17(16(11)19)21-15(22)10-20-12(2)13-6-4-3-5-7-13/h3-9,12,20H,10H2,1-2H3,(H,21,22)/p+1/t12-/m0/s1. The number of aryl methyl sites for hydroxylation is 1. The maximum Gasteiger partial charge on any atom is 0.279 e. The molecule has 0 unspecified atom stereocenters. The minimum Gasteiger partial charge on any atom is -0.333 e. The SMILES string of the molecule is Cc1ccc(Cl)c(NC(=O)C[NH2+][C@@H](C)c2ccccc2)c1Cl. The normalized spacial score (nSPS) is 12.0. The van der Waals surface area contributed by atoms with Gasteiger partial charge in [-0.3, -0.25) is 4.79 Å². The van der Waals surface area contributed by atoms with Crippen LogP contribution in [0, 0.1) is 6.92 Å². The van der Waals surface area contributed by atoms with Crippen LogP contribution in [0.2, 0.25) is 10.0 Å². The highest BCUT2D eigenvalue weighted by Crippen LogP contribution is 2.32. The van der Waals surface area contributed by atoms with Crippen LogP contribution in [0.15, 0.2) is 42.5 Å². The summed E-state index contributed by atoms with van der Waals surface area (Å²) in [5, 5.41) is 5.69. The minimum absolute atomic E-state index is 0.128. The fourth-order valence-corrected chi connectivity index (χ4v) is 2.60. The molecule has 2 aromatic rings. The van der Waals surface area contributed by atoms with Crippen LogP contribution in [-0.2, 0) is 4.79 Å². The smallest absolute Gasteiger partial charge is 0.279 e. The Balaban J connectivity index is 1.95. The van der Waals surface area contributed by atoms with Gasteiger partial charge in [0, 0.05) is 5.56 Å². The predicted molar refractivity (Wildman–Crippen MR) is 91.5 cm³/mol. The van der Waals surface area contributed by atoms with Crippen molar-refractivity contribution < 1.29 is 10.1 Å². The van der Waals surface area contributed by atoms with Gasteiger partial charge in [-0.05, 0) is 25.5 Å². The van der Waals surface area contributed by atoms with E-state index < -0.39 is 0 Å². The van der Waals surface area contributed by atoms with Crippen molar-refractivity contribution in [3.63, 3.8) is 0 Å². The topological polar surface area (TPSA) is 45.7 Å². The van der Waals surface area contributed by atoms with Crippen molar-refractivity contribution in [3.05, 3.63) is 63.6 Å². The Kier molecular flexibility index (Phi) is 5.83. The molecule has 0 aliphatic carbocycles. The summed E-state index contributed by atoms with van der Waals surface area (Å²) in [7, 11) is 0. The van der Waals surface area contributed by atoms with Crippen molar-refractivity contribution in [2.45, 2.75) is 19.9 Å². The Morgan fingerprint density at radius 1 is 1.18 bits per heavy atom. The van der Waals surface area contributed by atoms with Crippen molar-refractivity contribution >= 4 is 34.8 Å². The van der Waals surface area contributed by atoms with Gasteiger partial charge in [0.1, 0.15) is 6.04 Å². The van der Waals surface area contributed by atoms with Crippen molar-refractivity contribution in [3.8, 4) is 0 Å². The molecule has 0 bridgehead atoms. The summed E-state index contributed by atoms with van der Waals surface area (Å²) < 4.78 is 0. The number of benzene rings is 2. The largest absolute Gasteiger partial charge is 0.333 e. The molecule has 2 aromatic carbocycles. The number of halogens is 2. The molecule has 3 N–H and O–H groups in total. The van der Waals surface area contributed by atoms with Crippen LogP contribution in [0.5, 0.6) is 0 Å². The first-order valence-electron chi connectivity index (χ1n) is 7.11. The van der Waals surface area contributed by atoms with E-state index in [2.05, 4.69) is 12.2 Å². The van der Waals surface area contributed by atoms with Gasteiger partial charge in [-0.1, -0.05) is 59.6 Å². The molecule has 2 rings (SSSR count). The number of amides is 1. The number of carbonyl (C=O) groups is 1. The van der Waals surface area contributed by atoms with E-state index in [0.29, 0.717) is 22.3 Å². The van der Waals surface area contributed by atoms with Gasteiger partial charge in [0.05, 0.1) is 15.7 Å². The zero-order chi connectivity index (χ0) is 16.1. The van der Waals surface area contributed by atoms with Crippen molar-refractivity contribution in [2.75, 3.05) is 11.9 Å². The first kappa shape index (κ1) is 16.8. The molecule has 0 aliphatic rings. The molecule has 116 valence electrons. The van der Waals surface area contributed by atoms with E-state index >= 15 is 0 Å². The monoisotopic (exact) mass is 337 g/mol. The van der Waals surface area contributed by atoms with Gasteiger partial charge < -0.3 is 10.6 Å². The molecule has 3 nitrogen and oxygen atoms in total. The van der Waals surface area contributed by atoms with Crippen LogP contribution in [-0.4, -0.2) is 12.5 Å². The van der Waals surface area contributed by atoms with E-state index in [1.807, 2.05) is 48.6 Å². The summed E-state index contributed by atoms with van der Waals surface area (Å²) in [4.78, 5) is 12.1. The lowest BCUT2D eigenvalue weighted by Crippen LogP contribution is -2.86. The molecule has 0 aliphatic heterocycles. The number of hydrogen-bond acceptors (Lipinski definition) is 1. The molecule has 0 saturated heterocycles. The Hall–Kier alpha value is -1.55. The van der Waals surface area contributed by atoms with Crippen LogP contribution in [0.4, 0.5) is 5.69 Å². The Morgan fingerprint density at radius 2 is 1.86 bits per heavy atom. The summed E-state index contributed by atoms with van der Waals surface area (Å²) in [6.45, 7) is 4.24. The number of nitrogens with two attached hydrogens (primary N) is 1. The van der Waals surface area contributed by atoms with Crippen LogP contribution in [0.1, 0.15) is 24.1 Å². The number of quaternary nitrogens is 1. The van der Waals surface area contributed by atoms with Crippen molar-refractivity contribution in [1.29, 1.82) is 0 Å². The summed E-state index contributed by atoms with van der Waals surface area (Å²) in [5.74, 6) is -0.128. The maximum atomic E-state index is 12.1. The van der Waals surface area contributed by atoms with Gasteiger partial charge >= 0.3 is 0 Å². The van der Waals surface area contributed by atoms with Gasteiger partial charge in [-0.25, -0.2) is 0 Å². The van der Waals surface area contributed by atoms with E-state index in [4.69, 9.17) is 23.2 Å². The Morgan fingerprint density at radius 3 is 2.55 bits per heavy atom. The van der Waals surface area contributed by atoms with Gasteiger partial charge in [-0.2, -0.15) is 0 Å². The van der Waals surface area contributed by atoms with Crippen LogP contribution >= 0.6 is 23.2 Å². The number of nitrogens with one attached hydrogen (secondary N) is 1. The van der Waals surface area contributed by atoms with Gasteiger partial charge in [-0.15, -0.1) is 0 Å². The fraction of sp³-hybridized carbons (Fsp3) is 0.235. The summed E-state index contributed by atoms with van der Waals surface area (Å²) in [6.07, 6.45) is 0. The van der Waals surface area contributed by atoms with Crippen LogP contribution in [0.25, 0.3) is 0 Å². The number of hydrogen-bond donors (Lipinski definition) is 2. The van der Waals surface area contributed by atoms with Crippen molar-refractivity contribution in [2.24, 2.45) is 0 Å². The molecule has 22 heavy (non-hydrogen) atoms. The predicted octanol–water partition coefficient (Wildman–Crippen LogP) is 3.56. The number of rotatable bonds is 5. The lowest BCUT2D eigenvalue weighted by Gasteiger charge is -2.13. The summed E-state index contributed by atoms with van der Waals surface area (Å²) in [6, 6.07) is 13.8. The van der Waals surface area contributed by atoms with E-state index in [-0.39, 0.29) is 11.9 Å². The zero-order valence-corrected chi connectivity index (χ0v) is 14.1. The molecule has 1 amide bonds. The highest BCUT2D eigenvalue weighted by molar-refractivity contribution is 6.40. The first-order valence-corrected chi connectivity index (χ1v) is 7.87. The molecular formula is C17H19Cl2N2O+.